The van der Waals surface area contributed by atoms with Crippen LogP contribution in [0.15, 0.2) is 48.5 Å². The van der Waals surface area contributed by atoms with Gasteiger partial charge in [-0.05, 0) is 54.8 Å². The van der Waals surface area contributed by atoms with Crippen LogP contribution in [0.2, 0.25) is 0 Å². The third-order valence-electron chi connectivity index (χ3n) is 4.74. The first kappa shape index (κ1) is 17.4. The van der Waals surface area contributed by atoms with Crippen LogP contribution in [0.5, 0.6) is 11.5 Å². The second-order valence-electron chi connectivity index (χ2n) is 6.82. The van der Waals surface area contributed by atoms with Crippen molar-refractivity contribution in [1.82, 2.24) is 4.90 Å². The molecule has 0 spiro atoms. The van der Waals surface area contributed by atoms with E-state index in [4.69, 9.17) is 4.74 Å². The Balaban J connectivity index is 1.71. The summed E-state index contributed by atoms with van der Waals surface area (Å²) in [5, 5.41) is 0. The molecule has 0 unspecified atom stereocenters. The lowest BCUT2D eigenvalue weighted by Gasteiger charge is -2.23. The van der Waals surface area contributed by atoms with Crippen LogP contribution in [0.4, 0.5) is 8.78 Å². The normalized spacial score (nSPS) is 15.6. The van der Waals surface area contributed by atoms with E-state index in [1.807, 2.05) is 0 Å². The zero-order chi connectivity index (χ0) is 18.2. The minimum Gasteiger partial charge on any atom is -0.457 e. The molecule has 3 nitrogen and oxygen atoms in total. The zero-order valence-electron chi connectivity index (χ0n) is 14.6. The molecule has 0 bridgehead atoms. The Kier molecular flexibility index (Phi) is 4.27. The molecule has 1 aliphatic carbocycles. The van der Waals surface area contributed by atoms with Crippen molar-refractivity contribution in [3.8, 4) is 11.5 Å². The monoisotopic (exact) mass is 345 g/mol. The molecule has 2 aromatic rings. The summed E-state index contributed by atoms with van der Waals surface area (Å²) in [6, 6.07) is 13.7. The molecule has 0 aromatic heterocycles. The quantitative estimate of drug-likeness (QED) is 0.774. The number of benzene rings is 2. The summed E-state index contributed by atoms with van der Waals surface area (Å²) in [6.45, 7) is 0.987. The zero-order valence-corrected chi connectivity index (χ0v) is 14.6. The first-order valence-electron chi connectivity index (χ1n) is 8.21. The molecule has 25 heavy (non-hydrogen) atoms. The number of carbonyl (C=O) groups is 1. The van der Waals surface area contributed by atoms with Gasteiger partial charge in [-0.3, -0.25) is 4.79 Å². The third-order valence-corrected chi connectivity index (χ3v) is 4.74. The van der Waals surface area contributed by atoms with Crippen LogP contribution < -0.4 is 4.74 Å². The molecule has 132 valence electrons. The van der Waals surface area contributed by atoms with Crippen molar-refractivity contribution in [2.75, 3.05) is 14.1 Å². The Bertz CT molecular complexity index is 758. The molecule has 0 radical (unpaired) electrons. The van der Waals surface area contributed by atoms with E-state index in [2.05, 4.69) is 0 Å². The Hall–Kier alpha value is -2.43. The summed E-state index contributed by atoms with van der Waals surface area (Å²) >= 11 is 0. The van der Waals surface area contributed by atoms with Crippen LogP contribution in [0, 0.1) is 0 Å². The first-order chi connectivity index (χ1) is 11.7. The van der Waals surface area contributed by atoms with Gasteiger partial charge in [0.25, 0.3) is 11.8 Å². The van der Waals surface area contributed by atoms with Gasteiger partial charge in [-0.15, -0.1) is 0 Å². The molecule has 0 atom stereocenters. The first-order valence-corrected chi connectivity index (χ1v) is 8.21. The van der Waals surface area contributed by atoms with Gasteiger partial charge in [-0.25, -0.2) is 8.78 Å². The fourth-order valence-electron chi connectivity index (χ4n) is 3.01. The maximum absolute atomic E-state index is 13.8. The molecule has 1 aliphatic rings. The molecule has 0 heterocycles. The smallest absolute Gasteiger partial charge is 0.254 e. The lowest BCUT2D eigenvalue weighted by atomic mass is 9.90. The van der Waals surface area contributed by atoms with Gasteiger partial charge in [0.15, 0.2) is 0 Å². The number of hydrogen-bond acceptors (Lipinski definition) is 2. The van der Waals surface area contributed by atoms with Gasteiger partial charge in [0, 0.05) is 26.6 Å². The average molecular weight is 345 g/mol. The van der Waals surface area contributed by atoms with Crippen molar-refractivity contribution in [2.24, 2.45) is 0 Å². The predicted molar refractivity (Wildman–Crippen MR) is 92.5 cm³/mol. The third kappa shape index (κ3) is 3.36. The highest BCUT2D eigenvalue weighted by atomic mass is 19.3. The van der Waals surface area contributed by atoms with E-state index in [0.29, 0.717) is 35.5 Å². The molecule has 1 fully saturated rings. The predicted octanol–water partition coefficient (Wildman–Crippen LogP) is 4.87. The minimum absolute atomic E-state index is 0.0777. The molecule has 3 rings (SSSR count). The maximum atomic E-state index is 13.8. The van der Waals surface area contributed by atoms with E-state index >= 15 is 0 Å². The topological polar surface area (TPSA) is 29.5 Å². The van der Waals surface area contributed by atoms with Gasteiger partial charge in [0.1, 0.15) is 11.5 Å². The van der Waals surface area contributed by atoms with E-state index in [1.165, 1.54) is 4.90 Å². The SMILES string of the molecule is CN(C)C(=O)c1ccc(Oc2ccc(C3(C(C)(F)F)CC3)cc2)cc1. The van der Waals surface area contributed by atoms with Gasteiger partial charge in [-0.1, -0.05) is 12.1 Å². The summed E-state index contributed by atoms with van der Waals surface area (Å²) in [6.07, 6.45) is 1.02. The highest BCUT2D eigenvalue weighted by Gasteiger charge is 2.59. The van der Waals surface area contributed by atoms with Crippen molar-refractivity contribution >= 4 is 5.91 Å². The van der Waals surface area contributed by atoms with Crippen LogP contribution in [0.25, 0.3) is 0 Å². The highest BCUT2D eigenvalue weighted by Crippen LogP contribution is 2.58. The van der Waals surface area contributed by atoms with Crippen molar-refractivity contribution in [2.45, 2.75) is 31.1 Å². The van der Waals surface area contributed by atoms with Crippen molar-refractivity contribution < 1.29 is 18.3 Å². The summed E-state index contributed by atoms with van der Waals surface area (Å²) in [5.41, 5.74) is 0.215. The average Bonchev–Trinajstić information content (AvgIpc) is 3.37. The fraction of sp³-hybridized carbons (Fsp3) is 0.350. The van der Waals surface area contributed by atoms with Gasteiger partial charge < -0.3 is 9.64 Å². The van der Waals surface area contributed by atoms with Crippen molar-refractivity contribution in [1.29, 1.82) is 0 Å². The summed E-state index contributed by atoms with van der Waals surface area (Å²) in [7, 11) is 3.39. The van der Waals surface area contributed by atoms with E-state index in [9.17, 15) is 13.6 Å². The number of carbonyl (C=O) groups excluding carboxylic acids is 1. The Morgan fingerprint density at radius 2 is 1.48 bits per heavy atom. The number of ether oxygens (including phenoxy) is 1. The molecule has 2 aromatic carbocycles. The minimum atomic E-state index is -2.72. The molecule has 1 saturated carbocycles. The number of halogens is 2. The van der Waals surface area contributed by atoms with Gasteiger partial charge in [0.2, 0.25) is 0 Å². The molecular weight excluding hydrogens is 324 g/mol. The molecular formula is C20H21F2NO2. The van der Waals surface area contributed by atoms with Crippen LogP contribution in [-0.2, 0) is 5.41 Å². The Morgan fingerprint density at radius 3 is 1.88 bits per heavy atom. The number of hydrogen-bond donors (Lipinski definition) is 0. The van der Waals surface area contributed by atoms with Crippen molar-refractivity contribution in [3.63, 3.8) is 0 Å². The van der Waals surface area contributed by atoms with Crippen LogP contribution >= 0.6 is 0 Å². The lowest BCUT2D eigenvalue weighted by molar-refractivity contribution is -0.0200. The van der Waals surface area contributed by atoms with E-state index in [-0.39, 0.29) is 5.91 Å². The van der Waals surface area contributed by atoms with E-state index in [1.54, 1.807) is 62.6 Å². The van der Waals surface area contributed by atoms with Crippen LogP contribution in [0.1, 0.15) is 35.7 Å². The van der Waals surface area contributed by atoms with Gasteiger partial charge in [0.05, 0.1) is 5.41 Å². The number of rotatable bonds is 5. The molecule has 1 amide bonds. The summed E-state index contributed by atoms with van der Waals surface area (Å²) in [5.74, 6) is -1.63. The van der Waals surface area contributed by atoms with Crippen LogP contribution in [0.3, 0.4) is 0 Å². The standard InChI is InChI=1S/C20H21F2NO2/c1-19(21,22)20(12-13-20)15-6-10-17(11-7-15)25-16-8-4-14(5-9-16)18(24)23(2)3/h4-11H,12-13H2,1-3H3. The molecule has 0 saturated heterocycles. The van der Waals surface area contributed by atoms with E-state index < -0.39 is 11.3 Å². The second kappa shape index (κ2) is 6.14. The van der Waals surface area contributed by atoms with E-state index in [0.717, 1.165) is 6.92 Å². The summed E-state index contributed by atoms with van der Waals surface area (Å²) in [4.78, 5) is 13.4. The molecule has 0 N–H and O–H groups in total. The Labute approximate surface area is 146 Å². The van der Waals surface area contributed by atoms with Gasteiger partial charge in [-0.2, -0.15) is 0 Å². The van der Waals surface area contributed by atoms with Crippen LogP contribution in [-0.4, -0.2) is 30.8 Å². The summed E-state index contributed by atoms with van der Waals surface area (Å²) < 4.78 is 33.3. The number of amides is 1. The maximum Gasteiger partial charge on any atom is 0.254 e. The fourth-order valence-corrected chi connectivity index (χ4v) is 3.01. The second-order valence-corrected chi connectivity index (χ2v) is 6.82. The Morgan fingerprint density at radius 1 is 1.00 bits per heavy atom. The lowest BCUT2D eigenvalue weighted by Crippen LogP contribution is -2.29. The largest absolute Gasteiger partial charge is 0.457 e. The van der Waals surface area contributed by atoms with Crippen molar-refractivity contribution in [3.05, 3.63) is 59.7 Å². The molecule has 0 aliphatic heterocycles. The van der Waals surface area contributed by atoms with Gasteiger partial charge >= 0.3 is 0 Å². The number of nitrogens with zero attached hydrogens (tertiary/aromatic N) is 1. The molecule has 5 heteroatoms. The highest BCUT2D eigenvalue weighted by molar-refractivity contribution is 5.93. The number of alkyl halides is 2.